The molecule has 1 unspecified atom stereocenters. The summed E-state index contributed by atoms with van der Waals surface area (Å²) in [7, 11) is 0. The van der Waals surface area contributed by atoms with Crippen LogP contribution in [0, 0.1) is 0 Å². The summed E-state index contributed by atoms with van der Waals surface area (Å²) in [5.74, 6) is 0. The summed E-state index contributed by atoms with van der Waals surface area (Å²) in [4.78, 5) is 0. The van der Waals surface area contributed by atoms with Crippen LogP contribution in [-0.4, -0.2) is 6.10 Å². The van der Waals surface area contributed by atoms with Gasteiger partial charge < -0.3 is 4.74 Å². The van der Waals surface area contributed by atoms with Gasteiger partial charge in [0.15, 0.2) is 0 Å². The molecular weight excluding hydrogens is 244 g/mol. The monoisotopic (exact) mass is 272 g/mol. The quantitative estimate of drug-likeness (QED) is 0.642. The van der Waals surface area contributed by atoms with Gasteiger partial charge in [-0.15, -0.1) is 0 Å². The summed E-state index contributed by atoms with van der Waals surface area (Å²) in [6.07, 6.45) is 12.0. The Hall–Kier alpha value is -1.24. The standard InChI is InChI=1S/C19H28O/c1-3-5-16-7-9-17(10-8-16)11-13-19-14-12-18(6-4-2)15-20-19/h7-10,15,19H,3-6,11-14H2,1-2H3. The Balaban J connectivity index is 1.75. The fraction of sp³-hybridized carbons (Fsp3) is 0.579. The Labute approximate surface area is 124 Å². The van der Waals surface area contributed by atoms with Crippen LogP contribution in [0.3, 0.4) is 0 Å². The summed E-state index contributed by atoms with van der Waals surface area (Å²) in [6, 6.07) is 9.12. The Morgan fingerprint density at radius 3 is 2.15 bits per heavy atom. The van der Waals surface area contributed by atoms with E-state index < -0.39 is 0 Å². The van der Waals surface area contributed by atoms with E-state index in [1.54, 1.807) is 0 Å². The molecule has 2 rings (SSSR count). The molecule has 1 nitrogen and oxygen atoms in total. The minimum absolute atomic E-state index is 0.422. The Morgan fingerprint density at radius 2 is 1.60 bits per heavy atom. The van der Waals surface area contributed by atoms with Crippen molar-refractivity contribution in [2.24, 2.45) is 0 Å². The van der Waals surface area contributed by atoms with Gasteiger partial charge >= 0.3 is 0 Å². The minimum Gasteiger partial charge on any atom is -0.498 e. The first-order valence-corrected chi connectivity index (χ1v) is 8.23. The molecule has 1 aromatic rings. The number of hydrogen-bond donors (Lipinski definition) is 0. The lowest BCUT2D eigenvalue weighted by Gasteiger charge is -2.23. The maximum atomic E-state index is 5.87. The maximum Gasteiger partial charge on any atom is 0.0984 e. The van der Waals surface area contributed by atoms with Crippen molar-refractivity contribution in [2.75, 3.05) is 0 Å². The van der Waals surface area contributed by atoms with Crippen molar-refractivity contribution in [3.63, 3.8) is 0 Å². The zero-order valence-corrected chi connectivity index (χ0v) is 13.0. The minimum atomic E-state index is 0.422. The smallest absolute Gasteiger partial charge is 0.0984 e. The first kappa shape index (κ1) is 15.2. The molecule has 0 aromatic heterocycles. The van der Waals surface area contributed by atoms with Gasteiger partial charge in [0.2, 0.25) is 0 Å². The van der Waals surface area contributed by atoms with Gasteiger partial charge in [0, 0.05) is 0 Å². The normalized spacial score (nSPS) is 18.5. The lowest BCUT2D eigenvalue weighted by atomic mass is 9.97. The van der Waals surface area contributed by atoms with E-state index >= 15 is 0 Å². The summed E-state index contributed by atoms with van der Waals surface area (Å²) < 4.78 is 5.87. The van der Waals surface area contributed by atoms with Gasteiger partial charge in [-0.1, -0.05) is 51.0 Å². The molecule has 1 aromatic carbocycles. The SMILES string of the molecule is CCCC1=COC(CCc2ccc(CCC)cc2)CC1. The van der Waals surface area contributed by atoms with Crippen molar-refractivity contribution >= 4 is 0 Å². The van der Waals surface area contributed by atoms with Crippen LogP contribution < -0.4 is 0 Å². The van der Waals surface area contributed by atoms with Crippen LogP contribution in [-0.2, 0) is 17.6 Å². The molecule has 1 heteroatoms. The fourth-order valence-corrected chi connectivity index (χ4v) is 2.87. The third-order valence-electron chi connectivity index (χ3n) is 4.10. The van der Waals surface area contributed by atoms with E-state index in [0.29, 0.717) is 6.10 Å². The summed E-state index contributed by atoms with van der Waals surface area (Å²) >= 11 is 0. The predicted molar refractivity (Wildman–Crippen MR) is 85.9 cm³/mol. The lowest BCUT2D eigenvalue weighted by molar-refractivity contribution is 0.110. The molecule has 0 radical (unpaired) electrons. The first-order valence-electron chi connectivity index (χ1n) is 8.23. The average Bonchev–Trinajstić information content (AvgIpc) is 2.49. The second-order valence-corrected chi connectivity index (χ2v) is 5.93. The fourth-order valence-electron chi connectivity index (χ4n) is 2.87. The van der Waals surface area contributed by atoms with E-state index in [0.717, 1.165) is 12.8 Å². The summed E-state index contributed by atoms with van der Waals surface area (Å²) in [6.45, 7) is 4.46. The number of benzene rings is 1. The molecule has 1 aliphatic heterocycles. The van der Waals surface area contributed by atoms with Crippen molar-refractivity contribution in [3.05, 3.63) is 47.2 Å². The number of aryl methyl sites for hydroxylation is 2. The third kappa shape index (κ3) is 4.70. The van der Waals surface area contributed by atoms with E-state index in [2.05, 4.69) is 38.1 Å². The molecule has 1 atom stereocenters. The lowest BCUT2D eigenvalue weighted by Crippen LogP contribution is -2.15. The van der Waals surface area contributed by atoms with E-state index in [1.807, 2.05) is 6.26 Å². The highest BCUT2D eigenvalue weighted by Gasteiger charge is 2.14. The molecule has 0 spiro atoms. The molecule has 20 heavy (non-hydrogen) atoms. The van der Waals surface area contributed by atoms with Crippen LogP contribution in [0.25, 0.3) is 0 Å². The van der Waals surface area contributed by atoms with Gasteiger partial charge in [-0.25, -0.2) is 0 Å². The van der Waals surface area contributed by atoms with Gasteiger partial charge in [-0.2, -0.15) is 0 Å². The highest BCUT2D eigenvalue weighted by Crippen LogP contribution is 2.23. The van der Waals surface area contributed by atoms with Crippen LogP contribution in [0.15, 0.2) is 36.1 Å². The second-order valence-electron chi connectivity index (χ2n) is 5.93. The maximum absolute atomic E-state index is 5.87. The number of allylic oxidation sites excluding steroid dienone is 1. The van der Waals surface area contributed by atoms with Gasteiger partial charge in [0.1, 0.15) is 0 Å². The molecule has 0 fully saturated rings. The number of ether oxygens (including phenoxy) is 1. The van der Waals surface area contributed by atoms with Crippen LogP contribution >= 0.6 is 0 Å². The molecule has 110 valence electrons. The van der Waals surface area contributed by atoms with E-state index in [-0.39, 0.29) is 0 Å². The van der Waals surface area contributed by atoms with E-state index in [1.165, 1.54) is 55.2 Å². The Kier molecular flexibility index (Phi) is 6.17. The van der Waals surface area contributed by atoms with Crippen molar-refractivity contribution in [1.29, 1.82) is 0 Å². The molecule has 0 saturated heterocycles. The third-order valence-corrected chi connectivity index (χ3v) is 4.10. The van der Waals surface area contributed by atoms with E-state index in [4.69, 9.17) is 4.74 Å². The molecule has 0 bridgehead atoms. The van der Waals surface area contributed by atoms with Crippen molar-refractivity contribution in [2.45, 2.75) is 71.3 Å². The molecule has 0 saturated carbocycles. The molecule has 1 aliphatic rings. The predicted octanol–water partition coefficient (Wildman–Crippen LogP) is 5.43. The Bertz CT molecular complexity index is 416. The van der Waals surface area contributed by atoms with Gasteiger partial charge in [0.25, 0.3) is 0 Å². The van der Waals surface area contributed by atoms with Gasteiger partial charge in [-0.3, -0.25) is 0 Å². The zero-order chi connectivity index (χ0) is 14.2. The van der Waals surface area contributed by atoms with Crippen LogP contribution in [0.2, 0.25) is 0 Å². The topological polar surface area (TPSA) is 9.23 Å². The van der Waals surface area contributed by atoms with Crippen LogP contribution in [0.1, 0.15) is 63.5 Å². The molecule has 0 amide bonds. The second kappa shape index (κ2) is 8.14. The molecule has 0 N–H and O–H groups in total. The van der Waals surface area contributed by atoms with Gasteiger partial charge in [-0.05, 0) is 55.2 Å². The average molecular weight is 272 g/mol. The van der Waals surface area contributed by atoms with Crippen LogP contribution in [0.5, 0.6) is 0 Å². The van der Waals surface area contributed by atoms with Gasteiger partial charge in [0.05, 0.1) is 12.4 Å². The summed E-state index contributed by atoms with van der Waals surface area (Å²) in [5, 5.41) is 0. The molecule has 0 aliphatic carbocycles. The summed E-state index contributed by atoms with van der Waals surface area (Å²) in [5.41, 5.74) is 4.39. The largest absolute Gasteiger partial charge is 0.498 e. The van der Waals surface area contributed by atoms with Crippen LogP contribution in [0.4, 0.5) is 0 Å². The van der Waals surface area contributed by atoms with Crippen molar-refractivity contribution in [1.82, 2.24) is 0 Å². The number of rotatable bonds is 7. The van der Waals surface area contributed by atoms with Crippen molar-refractivity contribution < 1.29 is 4.74 Å². The first-order chi connectivity index (χ1) is 9.81. The zero-order valence-electron chi connectivity index (χ0n) is 13.0. The number of hydrogen-bond acceptors (Lipinski definition) is 1. The molecule has 1 heterocycles. The highest BCUT2D eigenvalue weighted by molar-refractivity contribution is 5.22. The molecular formula is C19H28O. The Morgan fingerprint density at radius 1 is 0.950 bits per heavy atom. The highest BCUT2D eigenvalue weighted by atomic mass is 16.5. The van der Waals surface area contributed by atoms with E-state index in [9.17, 15) is 0 Å². The van der Waals surface area contributed by atoms with Crippen molar-refractivity contribution in [3.8, 4) is 0 Å².